The van der Waals surface area contributed by atoms with Crippen LogP contribution in [-0.2, 0) is 9.53 Å². The van der Waals surface area contributed by atoms with Crippen LogP contribution in [0.2, 0.25) is 5.02 Å². The minimum Gasteiger partial charge on any atom is -0.493 e. The molecule has 0 aliphatic rings. The van der Waals surface area contributed by atoms with E-state index in [4.69, 9.17) is 21.1 Å². The van der Waals surface area contributed by atoms with Crippen LogP contribution < -0.4 is 14.8 Å². The highest BCUT2D eigenvalue weighted by atomic mass is 35.5. The Morgan fingerprint density at radius 2 is 1.96 bits per heavy atom. The van der Waals surface area contributed by atoms with Crippen molar-refractivity contribution in [3.05, 3.63) is 45.8 Å². The van der Waals surface area contributed by atoms with E-state index in [1.807, 2.05) is 13.8 Å². The zero-order chi connectivity index (χ0) is 20.0. The van der Waals surface area contributed by atoms with Gasteiger partial charge >= 0.3 is 5.97 Å². The predicted molar refractivity (Wildman–Crippen MR) is 107 cm³/mol. The van der Waals surface area contributed by atoms with Gasteiger partial charge in [0, 0.05) is 6.08 Å². The summed E-state index contributed by atoms with van der Waals surface area (Å²) in [4.78, 5) is 23.9. The highest BCUT2D eigenvalue weighted by Crippen LogP contribution is 2.37. The monoisotopic (exact) mass is 409 g/mol. The molecule has 0 aliphatic heterocycles. The Labute approximate surface area is 166 Å². The van der Waals surface area contributed by atoms with E-state index in [0.717, 1.165) is 11.3 Å². The van der Waals surface area contributed by atoms with Gasteiger partial charge < -0.3 is 19.5 Å². The maximum atomic E-state index is 12.1. The number of ether oxygens (including phenoxy) is 3. The molecule has 1 aromatic heterocycles. The first kappa shape index (κ1) is 20.8. The van der Waals surface area contributed by atoms with Crippen molar-refractivity contribution in [2.75, 3.05) is 19.5 Å². The summed E-state index contributed by atoms with van der Waals surface area (Å²) in [6.45, 7) is 3.79. The molecule has 0 radical (unpaired) electrons. The second-order valence-electron chi connectivity index (χ2n) is 5.68. The Morgan fingerprint density at radius 3 is 2.59 bits per heavy atom. The topological polar surface area (TPSA) is 73.9 Å². The second kappa shape index (κ2) is 9.43. The average molecular weight is 410 g/mol. The van der Waals surface area contributed by atoms with E-state index >= 15 is 0 Å². The number of nitrogens with one attached hydrogen (secondary N) is 1. The molecule has 0 unspecified atom stereocenters. The highest BCUT2D eigenvalue weighted by molar-refractivity contribution is 7.18. The van der Waals surface area contributed by atoms with Crippen molar-refractivity contribution in [3.8, 4) is 11.5 Å². The fraction of sp³-hybridized carbons (Fsp3) is 0.263. The first-order valence-electron chi connectivity index (χ1n) is 8.05. The van der Waals surface area contributed by atoms with Crippen molar-refractivity contribution < 1.29 is 23.8 Å². The molecule has 0 saturated heterocycles. The minimum absolute atomic E-state index is 0.0516. The normalized spacial score (nSPS) is 10.9. The molecule has 1 N–H and O–H groups in total. The summed E-state index contributed by atoms with van der Waals surface area (Å²) in [5, 5.41) is 3.62. The summed E-state index contributed by atoms with van der Waals surface area (Å²) in [6.07, 6.45) is 2.92. The number of carbonyl (C=O) groups excluding carboxylic acids is 2. The molecule has 2 aromatic rings. The van der Waals surface area contributed by atoms with E-state index in [0.29, 0.717) is 32.0 Å². The lowest BCUT2D eigenvalue weighted by molar-refractivity contribution is -0.111. The number of thiophene rings is 1. The molecule has 0 aliphatic carbocycles. The fourth-order valence-corrected chi connectivity index (χ4v) is 3.23. The van der Waals surface area contributed by atoms with Gasteiger partial charge in [-0.3, -0.25) is 4.79 Å². The van der Waals surface area contributed by atoms with Crippen LogP contribution in [0, 0.1) is 0 Å². The highest BCUT2D eigenvalue weighted by Gasteiger charge is 2.13. The number of carbonyl (C=O) groups is 2. The molecule has 1 aromatic carbocycles. The molecule has 0 fully saturated rings. The number of anilines is 1. The molecule has 1 heterocycles. The van der Waals surface area contributed by atoms with Gasteiger partial charge in [-0.2, -0.15) is 0 Å². The van der Waals surface area contributed by atoms with E-state index in [1.54, 1.807) is 30.3 Å². The molecular formula is C19H20ClNO5S. The predicted octanol–water partition coefficient (Wildman–Crippen LogP) is 4.64. The van der Waals surface area contributed by atoms with Gasteiger partial charge in [-0.25, -0.2) is 4.79 Å². The average Bonchev–Trinajstić information content (AvgIpc) is 3.09. The summed E-state index contributed by atoms with van der Waals surface area (Å²) < 4.78 is 15.6. The number of esters is 1. The van der Waals surface area contributed by atoms with Crippen molar-refractivity contribution in [2.45, 2.75) is 20.0 Å². The SMILES string of the molecule is COC(=O)c1ccc(NC(=O)/C=C/c2cc(Cl)c(OC(C)C)c(OC)c2)s1. The summed E-state index contributed by atoms with van der Waals surface area (Å²) in [6, 6.07) is 6.65. The van der Waals surface area contributed by atoms with Crippen molar-refractivity contribution in [2.24, 2.45) is 0 Å². The van der Waals surface area contributed by atoms with Gasteiger partial charge in [0.25, 0.3) is 0 Å². The number of amides is 1. The lowest BCUT2D eigenvalue weighted by Crippen LogP contribution is -2.07. The molecule has 2 rings (SSSR count). The van der Waals surface area contributed by atoms with Gasteiger partial charge in [0.15, 0.2) is 11.5 Å². The first-order chi connectivity index (χ1) is 12.8. The van der Waals surface area contributed by atoms with Crippen LogP contribution in [0.4, 0.5) is 5.00 Å². The molecule has 0 spiro atoms. The van der Waals surface area contributed by atoms with Crippen LogP contribution in [0.5, 0.6) is 11.5 Å². The lowest BCUT2D eigenvalue weighted by Gasteiger charge is -2.15. The van der Waals surface area contributed by atoms with E-state index in [2.05, 4.69) is 10.1 Å². The van der Waals surface area contributed by atoms with Crippen LogP contribution in [0.25, 0.3) is 6.08 Å². The maximum absolute atomic E-state index is 12.1. The molecular weight excluding hydrogens is 390 g/mol. The number of halogens is 1. The lowest BCUT2D eigenvalue weighted by atomic mass is 10.2. The van der Waals surface area contributed by atoms with Gasteiger partial charge in [-0.1, -0.05) is 11.6 Å². The molecule has 1 amide bonds. The van der Waals surface area contributed by atoms with Crippen LogP contribution in [-0.4, -0.2) is 32.2 Å². The summed E-state index contributed by atoms with van der Waals surface area (Å²) in [5.74, 6) is 0.161. The Balaban J connectivity index is 2.10. The molecule has 27 heavy (non-hydrogen) atoms. The van der Waals surface area contributed by atoms with Crippen molar-refractivity contribution in [3.63, 3.8) is 0 Å². The summed E-state index contributed by atoms with van der Waals surface area (Å²) in [7, 11) is 2.83. The van der Waals surface area contributed by atoms with E-state index in [1.165, 1.54) is 20.3 Å². The van der Waals surface area contributed by atoms with E-state index in [9.17, 15) is 9.59 Å². The standard InChI is InChI=1S/C19H20ClNO5S/c1-11(2)26-18-13(20)9-12(10-14(18)24-3)5-7-16(22)21-17-8-6-15(27-17)19(23)25-4/h5-11H,1-4H3,(H,21,22)/b7-5+. The zero-order valence-electron chi connectivity index (χ0n) is 15.4. The van der Waals surface area contributed by atoms with Crippen LogP contribution in [0.1, 0.15) is 29.1 Å². The summed E-state index contributed by atoms with van der Waals surface area (Å²) in [5.41, 5.74) is 0.685. The summed E-state index contributed by atoms with van der Waals surface area (Å²) >= 11 is 7.40. The number of hydrogen-bond acceptors (Lipinski definition) is 6. The van der Waals surface area contributed by atoms with E-state index in [-0.39, 0.29) is 12.0 Å². The largest absolute Gasteiger partial charge is 0.493 e. The molecule has 0 atom stereocenters. The third-order valence-corrected chi connectivity index (χ3v) is 4.53. The van der Waals surface area contributed by atoms with Gasteiger partial charge in [-0.05, 0) is 49.8 Å². The van der Waals surface area contributed by atoms with Crippen LogP contribution in [0.15, 0.2) is 30.3 Å². The van der Waals surface area contributed by atoms with Crippen molar-refractivity contribution in [1.82, 2.24) is 0 Å². The smallest absolute Gasteiger partial charge is 0.348 e. The van der Waals surface area contributed by atoms with Crippen LogP contribution >= 0.6 is 22.9 Å². The number of hydrogen-bond donors (Lipinski definition) is 1. The van der Waals surface area contributed by atoms with Gasteiger partial charge in [-0.15, -0.1) is 11.3 Å². The third-order valence-electron chi connectivity index (χ3n) is 3.27. The molecule has 0 saturated carbocycles. The van der Waals surface area contributed by atoms with E-state index < -0.39 is 5.97 Å². The molecule has 6 nitrogen and oxygen atoms in total. The minimum atomic E-state index is -0.443. The van der Waals surface area contributed by atoms with Gasteiger partial charge in [0.1, 0.15) is 4.88 Å². The van der Waals surface area contributed by atoms with Crippen molar-refractivity contribution >= 4 is 45.9 Å². The first-order valence-corrected chi connectivity index (χ1v) is 9.25. The molecule has 0 bridgehead atoms. The van der Waals surface area contributed by atoms with Crippen LogP contribution in [0.3, 0.4) is 0 Å². The molecule has 144 valence electrons. The Hall–Kier alpha value is -2.51. The molecule has 8 heteroatoms. The number of methoxy groups -OCH3 is 2. The Bertz CT molecular complexity index is 860. The third kappa shape index (κ3) is 5.74. The van der Waals surface area contributed by atoms with Crippen molar-refractivity contribution in [1.29, 1.82) is 0 Å². The van der Waals surface area contributed by atoms with Gasteiger partial charge in [0.05, 0.1) is 30.3 Å². The number of rotatable bonds is 7. The number of benzene rings is 1. The van der Waals surface area contributed by atoms with Gasteiger partial charge in [0.2, 0.25) is 5.91 Å². The maximum Gasteiger partial charge on any atom is 0.348 e. The quantitative estimate of drug-likeness (QED) is 0.532. The Morgan fingerprint density at radius 1 is 1.22 bits per heavy atom. The zero-order valence-corrected chi connectivity index (χ0v) is 16.9. The Kier molecular flexibility index (Phi) is 7.27. The second-order valence-corrected chi connectivity index (χ2v) is 7.17. The fourth-order valence-electron chi connectivity index (χ4n) is 2.14.